The Labute approximate surface area is 156 Å². The third-order valence-electron chi connectivity index (χ3n) is 2.28. The fourth-order valence-electron chi connectivity index (χ4n) is 1.49. The first-order valence-corrected chi connectivity index (χ1v) is 14.2. The second-order valence-electron chi connectivity index (χ2n) is 3.55. The van der Waals surface area contributed by atoms with Crippen LogP contribution in [0.2, 0.25) is 0 Å². The van der Waals surface area contributed by atoms with Crippen molar-refractivity contribution >= 4 is 100 Å². The van der Waals surface area contributed by atoms with Gasteiger partial charge in [-0.25, -0.2) is 0 Å². The van der Waals surface area contributed by atoms with Crippen LogP contribution in [0.15, 0.2) is 57.5 Å². The normalized spacial score (nSPS) is 24.4. The van der Waals surface area contributed by atoms with Crippen LogP contribution in [0, 0.1) is 0 Å². The zero-order valence-corrected chi connectivity index (χ0v) is 18.1. The Bertz CT molecular complexity index is 598. The van der Waals surface area contributed by atoms with Crippen LogP contribution in [-0.2, 0) is 0 Å². The Kier molecular flexibility index (Phi) is 5.29. The van der Waals surface area contributed by atoms with E-state index in [0.717, 1.165) is 0 Å². The topological polar surface area (TPSA) is 0 Å². The predicted octanol–water partition coefficient (Wildman–Crippen LogP) is 5.73. The zero-order chi connectivity index (χ0) is 13.4. The van der Waals surface area contributed by atoms with Crippen LogP contribution in [0.25, 0.3) is 0 Å². The summed E-state index contributed by atoms with van der Waals surface area (Å²) in [6.07, 6.45) is 4.69. The maximum atomic E-state index is 2.36. The van der Waals surface area contributed by atoms with Gasteiger partial charge in [0, 0.05) is 0 Å². The molecule has 0 aromatic heterocycles. The van der Waals surface area contributed by atoms with Gasteiger partial charge in [-0.3, -0.25) is 0 Å². The van der Waals surface area contributed by atoms with E-state index in [-0.39, 0.29) is 0 Å². The second-order valence-corrected chi connectivity index (χ2v) is 16.1. The monoisotopic (exact) mass is 502 g/mol. The summed E-state index contributed by atoms with van der Waals surface area (Å²) in [6, 6.07) is 0. The molecule has 0 radical (unpaired) electrons. The molecule has 0 N–H and O–H groups in total. The van der Waals surface area contributed by atoms with E-state index in [1.807, 2.05) is 70.6 Å². The molecule has 0 aromatic rings. The fraction of sp³-hybridized carbons (Fsp3) is 0. The number of thioether (sulfide) groups is 6. The Morgan fingerprint density at radius 3 is 1.95 bits per heavy atom. The molecule has 8 heteroatoms. The summed E-state index contributed by atoms with van der Waals surface area (Å²) in [6.45, 7) is 0. The summed E-state index contributed by atoms with van der Waals surface area (Å²) in [5.74, 6) is 0. The molecule has 0 unspecified atom stereocenters. The summed E-state index contributed by atoms with van der Waals surface area (Å²) < 4.78 is 8.99. The van der Waals surface area contributed by atoms with Crippen LogP contribution >= 0.6 is 70.6 Å². The van der Waals surface area contributed by atoms with Gasteiger partial charge in [0.15, 0.2) is 0 Å². The number of hydrogen-bond acceptors (Lipinski definition) is 6. The molecule has 4 aliphatic rings. The minimum absolute atomic E-state index is 0.631. The molecule has 0 bridgehead atoms. The van der Waals surface area contributed by atoms with E-state index in [4.69, 9.17) is 0 Å². The van der Waals surface area contributed by atoms with E-state index in [9.17, 15) is 0 Å². The molecule has 4 heterocycles. The predicted molar refractivity (Wildman–Crippen MR) is 106 cm³/mol. The van der Waals surface area contributed by atoms with Crippen molar-refractivity contribution in [3.05, 3.63) is 57.5 Å². The van der Waals surface area contributed by atoms with Gasteiger partial charge in [-0.2, -0.15) is 0 Å². The van der Waals surface area contributed by atoms with Gasteiger partial charge < -0.3 is 0 Å². The first-order chi connectivity index (χ1) is 9.88. The fourth-order valence-corrected chi connectivity index (χ4v) is 14.4. The average molecular weight is 501 g/mol. The molecular formula is C12H6S6Se2. The van der Waals surface area contributed by atoms with Gasteiger partial charge in [-0.1, -0.05) is 0 Å². The Hall–Kier alpha value is 1.58. The molecular weight excluding hydrogens is 494 g/mol. The molecule has 4 rings (SSSR count). The Morgan fingerprint density at radius 2 is 1.30 bits per heavy atom. The molecule has 0 aliphatic carbocycles. The summed E-state index contributed by atoms with van der Waals surface area (Å²) >= 11 is 12.8. The second kappa shape index (κ2) is 7.00. The zero-order valence-electron chi connectivity index (χ0n) is 9.73. The van der Waals surface area contributed by atoms with Crippen molar-refractivity contribution in [2.24, 2.45) is 0 Å². The van der Waals surface area contributed by atoms with Crippen molar-refractivity contribution in [1.82, 2.24) is 0 Å². The molecule has 0 spiro atoms. The van der Waals surface area contributed by atoms with Crippen LogP contribution in [0.5, 0.6) is 0 Å². The summed E-state index contributed by atoms with van der Waals surface area (Å²) in [5, 5.41) is 4.35. The molecule has 102 valence electrons. The van der Waals surface area contributed by atoms with Crippen LogP contribution < -0.4 is 0 Å². The Balaban J connectivity index is 1.41. The van der Waals surface area contributed by atoms with E-state index in [1.165, 1.54) is 21.2 Å². The molecule has 4 aliphatic heterocycles. The quantitative estimate of drug-likeness (QED) is 0.419. The Morgan fingerprint density at radius 1 is 0.700 bits per heavy atom. The molecule has 0 fully saturated rings. The van der Waals surface area contributed by atoms with Gasteiger partial charge >= 0.3 is 158 Å². The molecule has 0 atom stereocenters. The summed E-state index contributed by atoms with van der Waals surface area (Å²) in [5.41, 5.74) is 0. The molecule has 0 nitrogen and oxygen atoms in total. The van der Waals surface area contributed by atoms with Crippen molar-refractivity contribution in [3.63, 3.8) is 0 Å². The van der Waals surface area contributed by atoms with E-state index in [1.54, 1.807) is 3.37 Å². The third kappa shape index (κ3) is 3.40. The summed E-state index contributed by atoms with van der Waals surface area (Å²) in [7, 11) is 0. The molecule has 0 saturated carbocycles. The molecule has 0 aromatic carbocycles. The minimum atomic E-state index is 0.631. The van der Waals surface area contributed by atoms with Crippen LogP contribution in [0.1, 0.15) is 0 Å². The van der Waals surface area contributed by atoms with Gasteiger partial charge in [-0.15, -0.1) is 0 Å². The van der Waals surface area contributed by atoms with E-state index >= 15 is 0 Å². The van der Waals surface area contributed by atoms with E-state index in [0.29, 0.717) is 29.9 Å². The van der Waals surface area contributed by atoms with Gasteiger partial charge in [0.1, 0.15) is 0 Å². The van der Waals surface area contributed by atoms with Crippen LogP contribution in [0.3, 0.4) is 0 Å². The van der Waals surface area contributed by atoms with Crippen molar-refractivity contribution < 1.29 is 0 Å². The van der Waals surface area contributed by atoms with Crippen molar-refractivity contribution in [2.75, 3.05) is 0 Å². The van der Waals surface area contributed by atoms with Crippen molar-refractivity contribution in [2.45, 2.75) is 0 Å². The van der Waals surface area contributed by atoms with Crippen molar-refractivity contribution in [1.29, 1.82) is 0 Å². The average Bonchev–Trinajstić information content (AvgIpc) is 3.19. The SMILES string of the molecule is C1=CSC(=C2SC3=C(SC(=CC=C4[Se]C=C[Se]4)S3)S2)S1. The van der Waals surface area contributed by atoms with Crippen LogP contribution in [-0.4, -0.2) is 29.9 Å². The maximum absolute atomic E-state index is 2.36. The standard InChI is InChI=1S/C12H6S6Se2/c1(2-8-19-5-6-20-8)7-15-11-12(16-7)18-10(17-11)9-13-3-4-14-9/h1-6H. The molecule has 0 amide bonds. The molecule has 0 saturated heterocycles. The van der Waals surface area contributed by atoms with E-state index in [2.05, 4.69) is 32.9 Å². The van der Waals surface area contributed by atoms with Crippen LogP contribution in [0.4, 0.5) is 0 Å². The third-order valence-corrected chi connectivity index (χ3v) is 16.1. The number of hydrogen-bond donors (Lipinski definition) is 0. The first-order valence-electron chi connectivity index (χ1n) is 5.47. The number of allylic oxidation sites excluding steroid dienone is 2. The summed E-state index contributed by atoms with van der Waals surface area (Å²) in [4.78, 5) is 4.69. The van der Waals surface area contributed by atoms with E-state index < -0.39 is 0 Å². The van der Waals surface area contributed by atoms with Gasteiger partial charge in [0.05, 0.1) is 0 Å². The van der Waals surface area contributed by atoms with Gasteiger partial charge in [-0.05, 0) is 0 Å². The van der Waals surface area contributed by atoms with Gasteiger partial charge in [0.25, 0.3) is 0 Å². The molecule has 20 heavy (non-hydrogen) atoms. The van der Waals surface area contributed by atoms with Crippen molar-refractivity contribution in [3.8, 4) is 0 Å². The van der Waals surface area contributed by atoms with Gasteiger partial charge in [0.2, 0.25) is 0 Å². The number of rotatable bonds is 1. The first kappa shape index (κ1) is 15.1.